The maximum absolute atomic E-state index is 11.6. The third-order valence-corrected chi connectivity index (χ3v) is 3.05. The molecule has 0 spiro atoms. The number of aliphatic carboxylic acids is 1. The Bertz CT molecular complexity index is 289. The quantitative estimate of drug-likeness (QED) is 0.653. The molecule has 1 fully saturated rings. The second-order valence-electron chi connectivity index (χ2n) is 4.65. The van der Waals surface area contributed by atoms with E-state index in [0.29, 0.717) is 13.0 Å². The highest BCUT2D eigenvalue weighted by Crippen LogP contribution is 2.16. The summed E-state index contributed by atoms with van der Waals surface area (Å²) in [5.41, 5.74) is 0. The second kappa shape index (κ2) is 8.87. The zero-order valence-corrected chi connectivity index (χ0v) is 11.4. The van der Waals surface area contributed by atoms with E-state index < -0.39 is 12.1 Å². The number of rotatable bonds is 9. The van der Waals surface area contributed by atoms with Crippen LogP contribution in [-0.4, -0.2) is 48.9 Å². The predicted octanol–water partition coefficient (Wildman–Crippen LogP) is 0.942. The summed E-state index contributed by atoms with van der Waals surface area (Å²) in [7, 11) is 0. The summed E-state index contributed by atoms with van der Waals surface area (Å²) in [4.78, 5) is 22.2. The fraction of sp³-hybridized carbons (Fsp3) is 0.846. The predicted molar refractivity (Wildman–Crippen MR) is 68.9 cm³/mol. The number of ether oxygens (including phenoxy) is 2. The smallest absolute Gasteiger partial charge is 0.306 e. The van der Waals surface area contributed by atoms with Gasteiger partial charge in [0.15, 0.2) is 0 Å². The first kappa shape index (κ1) is 15.9. The van der Waals surface area contributed by atoms with Gasteiger partial charge in [-0.1, -0.05) is 0 Å². The van der Waals surface area contributed by atoms with Crippen molar-refractivity contribution in [1.29, 1.82) is 0 Å². The van der Waals surface area contributed by atoms with E-state index in [1.54, 1.807) is 6.92 Å². The Morgan fingerprint density at radius 2 is 2.32 bits per heavy atom. The van der Waals surface area contributed by atoms with Gasteiger partial charge in [0.05, 0.1) is 18.6 Å². The first-order valence-electron chi connectivity index (χ1n) is 6.83. The third-order valence-electron chi connectivity index (χ3n) is 3.05. The van der Waals surface area contributed by atoms with Crippen molar-refractivity contribution >= 4 is 11.9 Å². The molecular weight excluding hydrogens is 250 g/mol. The van der Waals surface area contributed by atoms with Crippen molar-refractivity contribution in [3.8, 4) is 0 Å². The average Bonchev–Trinajstić information content (AvgIpc) is 2.86. The highest BCUT2D eigenvalue weighted by molar-refractivity contribution is 5.76. The molecule has 0 aliphatic carbocycles. The molecule has 6 nitrogen and oxygen atoms in total. The SMILES string of the molecule is CCOC(CNC(=O)CCC1CCCO1)CC(=O)O. The highest BCUT2D eigenvalue weighted by atomic mass is 16.5. The van der Waals surface area contributed by atoms with Crippen LogP contribution in [0.3, 0.4) is 0 Å². The Hall–Kier alpha value is -1.14. The van der Waals surface area contributed by atoms with Crippen molar-refractivity contribution < 1.29 is 24.2 Å². The number of nitrogens with one attached hydrogen (secondary N) is 1. The maximum atomic E-state index is 11.6. The summed E-state index contributed by atoms with van der Waals surface area (Å²) in [5.74, 6) is -1.00. The number of carbonyl (C=O) groups is 2. The number of carboxylic acids is 1. The molecule has 19 heavy (non-hydrogen) atoms. The Morgan fingerprint density at radius 3 is 2.89 bits per heavy atom. The molecule has 1 amide bonds. The summed E-state index contributed by atoms with van der Waals surface area (Å²) in [5, 5.41) is 11.4. The topological polar surface area (TPSA) is 84.9 Å². The molecule has 2 atom stereocenters. The fourth-order valence-corrected chi connectivity index (χ4v) is 2.10. The van der Waals surface area contributed by atoms with Gasteiger partial charge in [-0.05, 0) is 26.2 Å². The Balaban J connectivity index is 2.16. The number of hydrogen-bond acceptors (Lipinski definition) is 4. The van der Waals surface area contributed by atoms with Gasteiger partial charge in [-0.25, -0.2) is 0 Å². The maximum Gasteiger partial charge on any atom is 0.306 e. The Kier molecular flexibility index (Phi) is 7.43. The number of carbonyl (C=O) groups excluding carboxylic acids is 1. The van der Waals surface area contributed by atoms with Crippen molar-refractivity contribution in [2.45, 2.75) is 51.2 Å². The van der Waals surface area contributed by atoms with E-state index in [-0.39, 0.29) is 25.0 Å². The van der Waals surface area contributed by atoms with Gasteiger partial charge >= 0.3 is 5.97 Å². The van der Waals surface area contributed by atoms with E-state index in [0.717, 1.165) is 25.9 Å². The largest absolute Gasteiger partial charge is 0.481 e. The molecule has 0 aromatic rings. The van der Waals surface area contributed by atoms with Crippen LogP contribution in [0.5, 0.6) is 0 Å². The third kappa shape index (κ3) is 7.12. The van der Waals surface area contributed by atoms with Crippen LogP contribution in [-0.2, 0) is 19.1 Å². The van der Waals surface area contributed by atoms with Crippen LogP contribution in [0.15, 0.2) is 0 Å². The lowest BCUT2D eigenvalue weighted by atomic mass is 10.1. The van der Waals surface area contributed by atoms with Crippen LogP contribution < -0.4 is 5.32 Å². The molecule has 0 radical (unpaired) electrons. The van der Waals surface area contributed by atoms with Crippen LogP contribution in [0.25, 0.3) is 0 Å². The molecule has 2 N–H and O–H groups in total. The molecule has 1 heterocycles. The lowest BCUT2D eigenvalue weighted by Crippen LogP contribution is -2.35. The molecule has 0 bridgehead atoms. The van der Waals surface area contributed by atoms with Gasteiger partial charge in [0.25, 0.3) is 0 Å². The van der Waals surface area contributed by atoms with Gasteiger partial charge in [-0.15, -0.1) is 0 Å². The van der Waals surface area contributed by atoms with Crippen molar-refractivity contribution in [2.24, 2.45) is 0 Å². The summed E-state index contributed by atoms with van der Waals surface area (Å²) in [6.07, 6.45) is 2.87. The molecule has 1 rings (SSSR count). The minimum absolute atomic E-state index is 0.0782. The van der Waals surface area contributed by atoms with Gasteiger partial charge < -0.3 is 19.9 Å². The van der Waals surface area contributed by atoms with Crippen LogP contribution in [0, 0.1) is 0 Å². The average molecular weight is 273 g/mol. The lowest BCUT2D eigenvalue weighted by Gasteiger charge is -2.16. The van der Waals surface area contributed by atoms with Gasteiger partial charge in [0.1, 0.15) is 0 Å². The molecule has 0 saturated carbocycles. The van der Waals surface area contributed by atoms with Gasteiger partial charge in [0.2, 0.25) is 5.91 Å². The summed E-state index contributed by atoms with van der Waals surface area (Å²) < 4.78 is 10.7. The monoisotopic (exact) mass is 273 g/mol. The fourth-order valence-electron chi connectivity index (χ4n) is 2.10. The van der Waals surface area contributed by atoms with E-state index in [1.165, 1.54) is 0 Å². The van der Waals surface area contributed by atoms with Crippen molar-refractivity contribution in [3.63, 3.8) is 0 Å². The van der Waals surface area contributed by atoms with E-state index in [4.69, 9.17) is 14.6 Å². The van der Waals surface area contributed by atoms with Crippen LogP contribution >= 0.6 is 0 Å². The van der Waals surface area contributed by atoms with E-state index >= 15 is 0 Å². The molecule has 0 aromatic heterocycles. The van der Waals surface area contributed by atoms with E-state index in [2.05, 4.69) is 5.32 Å². The summed E-state index contributed by atoms with van der Waals surface area (Å²) in [6, 6.07) is 0. The van der Waals surface area contributed by atoms with Crippen molar-refractivity contribution in [1.82, 2.24) is 5.32 Å². The first-order valence-corrected chi connectivity index (χ1v) is 6.83. The molecule has 1 aliphatic heterocycles. The van der Waals surface area contributed by atoms with Gasteiger partial charge in [0, 0.05) is 26.2 Å². The zero-order chi connectivity index (χ0) is 14.1. The molecule has 110 valence electrons. The number of carboxylic acid groups (broad SMARTS) is 1. The normalized spacial score (nSPS) is 20.2. The highest BCUT2D eigenvalue weighted by Gasteiger charge is 2.18. The molecular formula is C13H23NO5. The van der Waals surface area contributed by atoms with Gasteiger partial charge in [-0.2, -0.15) is 0 Å². The van der Waals surface area contributed by atoms with E-state index in [1.807, 2.05) is 0 Å². The molecule has 2 unspecified atom stereocenters. The van der Waals surface area contributed by atoms with Crippen LogP contribution in [0.1, 0.15) is 39.0 Å². The minimum atomic E-state index is -0.924. The minimum Gasteiger partial charge on any atom is -0.481 e. The Morgan fingerprint density at radius 1 is 1.53 bits per heavy atom. The number of hydrogen-bond donors (Lipinski definition) is 2. The number of amides is 1. The first-order chi connectivity index (χ1) is 9.11. The van der Waals surface area contributed by atoms with Crippen LogP contribution in [0.2, 0.25) is 0 Å². The van der Waals surface area contributed by atoms with E-state index in [9.17, 15) is 9.59 Å². The summed E-state index contributed by atoms with van der Waals surface area (Å²) in [6.45, 7) is 3.26. The molecule has 0 aromatic carbocycles. The standard InChI is InChI=1S/C13H23NO5/c1-2-18-11(8-13(16)17)9-14-12(15)6-5-10-4-3-7-19-10/h10-11H,2-9H2,1H3,(H,14,15)(H,16,17). The lowest BCUT2D eigenvalue weighted by molar-refractivity contribution is -0.140. The van der Waals surface area contributed by atoms with Crippen LogP contribution in [0.4, 0.5) is 0 Å². The molecule has 1 saturated heterocycles. The molecule has 1 aliphatic rings. The van der Waals surface area contributed by atoms with Gasteiger partial charge in [-0.3, -0.25) is 9.59 Å². The second-order valence-corrected chi connectivity index (χ2v) is 4.65. The van der Waals surface area contributed by atoms with Crippen molar-refractivity contribution in [3.05, 3.63) is 0 Å². The Labute approximate surface area is 113 Å². The zero-order valence-electron chi connectivity index (χ0n) is 11.4. The summed E-state index contributed by atoms with van der Waals surface area (Å²) >= 11 is 0. The van der Waals surface area contributed by atoms with Crippen molar-refractivity contribution in [2.75, 3.05) is 19.8 Å². The molecule has 6 heteroatoms.